The lowest BCUT2D eigenvalue weighted by Gasteiger charge is -2.07. The standard InChI is InChI=1S/C12H13N3O/c1-8-3-4-9(2)10(7-8)16-12-14-6-5-11(13)15-12/h3-7H,1-2H3,(H2,13,14,15). The van der Waals surface area contributed by atoms with E-state index in [0.29, 0.717) is 5.82 Å². The third-order valence-corrected chi connectivity index (χ3v) is 2.20. The minimum Gasteiger partial charge on any atom is -0.424 e. The summed E-state index contributed by atoms with van der Waals surface area (Å²) in [6.07, 6.45) is 1.57. The first-order valence-electron chi connectivity index (χ1n) is 4.99. The Labute approximate surface area is 94.1 Å². The lowest BCUT2D eigenvalue weighted by atomic mass is 10.1. The number of benzene rings is 1. The molecule has 0 saturated carbocycles. The molecule has 0 unspecified atom stereocenters. The Hall–Kier alpha value is -2.10. The van der Waals surface area contributed by atoms with Gasteiger partial charge >= 0.3 is 6.01 Å². The van der Waals surface area contributed by atoms with Crippen LogP contribution in [0.2, 0.25) is 0 Å². The van der Waals surface area contributed by atoms with Crippen molar-refractivity contribution in [1.82, 2.24) is 9.97 Å². The van der Waals surface area contributed by atoms with E-state index in [1.807, 2.05) is 32.0 Å². The zero-order valence-corrected chi connectivity index (χ0v) is 9.27. The minimum absolute atomic E-state index is 0.272. The molecule has 4 heteroatoms. The first-order valence-corrected chi connectivity index (χ1v) is 4.99. The SMILES string of the molecule is Cc1ccc(C)c(Oc2nccc(N)n2)c1. The number of anilines is 1. The Bertz CT molecular complexity index is 511. The summed E-state index contributed by atoms with van der Waals surface area (Å²) in [7, 11) is 0. The average molecular weight is 215 g/mol. The van der Waals surface area contributed by atoms with E-state index in [4.69, 9.17) is 10.5 Å². The first-order chi connectivity index (χ1) is 7.65. The molecule has 4 nitrogen and oxygen atoms in total. The van der Waals surface area contributed by atoms with Crippen molar-refractivity contribution < 1.29 is 4.74 Å². The quantitative estimate of drug-likeness (QED) is 0.835. The Balaban J connectivity index is 2.30. The van der Waals surface area contributed by atoms with Gasteiger partial charge in [-0.2, -0.15) is 4.98 Å². The maximum absolute atomic E-state index is 5.57. The summed E-state index contributed by atoms with van der Waals surface area (Å²) in [6, 6.07) is 7.87. The van der Waals surface area contributed by atoms with Gasteiger partial charge in [0.1, 0.15) is 11.6 Å². The van der Waals surface area contributed by atoms with Crippen LogP contribution < -0.4 is 10.5 Å². The van der Waals surface area contributed by atoms with Crippen LogP contribution in [0.4, 0.5) is 5.82 Å². The molecule has 1 aromatic heterocycles. The molecular formula is C12H13N3O. The fourth-order valence-electron chi connectivity index (χ4n) is 1.32. The Morgan fingerprint density at radius 1 is 1.19 bits per heavy atom. The van der Waals surface area contributed by atoms with Gasteiger partial charge in [-0.3, -0.25) is 0 Å². The second-order valence-electron chi connectivity index (χ2n) is 3.64. The van der Waals surface area contributed by atoms with Crippen molar-refractivity contribution in [2.24, 2.45) is 0 Å². The van der Waals surface area contributed by atoms with Gasteiger partial charge in [0.15, 0.2) is 0 Å². The highest BCUT2D eigenvalue weighted by atomic mass is 16.5. The normalized spacial score (nSPS) is 10.1. The summed E-state index contributed by atoms with van der Waals surface area (Å²) >= 11 is 0. The van der Waals surface area contributed by atoms with Gasteiger partial charge in [0, 0.05) is 6.20 Å². The van der Waals surface area contributed by atoms with Crippen LogP contribution in [0.5, 0.6) is 11.8 Å². The largest absolute Gasteiger partial charge is 0.424 e. The molecule has 2 N–H and O–H groups in total. The number of nitrogen functional groups attached to an aromatic ring is 1. The summed E-state index contributed by atoms with van der Waals surface area (Å²) in [5.74, 6) is 1.15. The predicted octanol–water partition coefficient (Wildman–Crippen LogP) is 2.47. The van der Waals surface area contributed by atoms with Crippen molar-refractivity contribution in [2.45, 2.75) is 13.8 Å². The number of nitrogens with two attached hydrogens (primary N) is 1. The lowest BCUT2D eigenvalue weighted by Crippen LogP contribution is -1.96. The molecule has 82 valence electrons. The van der Waals surface area contributed by atoms with Gasteiger partial charge in [-0.1, -0.05) is 12.1 Å². The van der Waals surface area contributed by atoms with Crippen LogP contribution in [0.25, 0.3) is 0 Å². The second-order valence-corrected chi connectivity index (χ2v) is 3.64. The monoisotopic (exact) mass is 215 g/mol. The topological polar surface area (TPSA) is 61.0 Å². The van der Waals surface area contributed by atoms with E-state index < -0.39 is 0 Å². The van der Waals surface area contributed by atoms with E-state index >= 15 is 0 Å². The summed E-state index contributed by atoms with van der Waals surface area (Å²) in [5.41, 5.74) is 7.72. The molecule has 1 aromatic carbocycles. The first kappa shape index (κ1) is 10.4. The van der Waals surface area contributed by atoms with Gasteiger partial charge in [-0.15, -0.1) is 0 Å². The van der Waals surface area contributed by atoms with Gasteiger partial charge in [0.25, 0.3) is 0 Å². The van der Waals surface area contributed by atoms with Crippen LogP contribution in [0.1, 0.15) is 11.1 Å². The van der Waals surface area contributed by atoms with Gasteiger partial charge in [0.2, 0.25) is 0 Å². The van der Waals surface area contributed by atoms with Gasteiger partial charge in [-0.25, -0.2) is 4.98 Å². The van der Waals surface area contributed by atoms with E-state index in [2.05, 4.69) is 9.97 Å². The molecule has 0 aliphatic heterocycles. The maximum atomic E-state index is 5.57. The molecule has 0 saturated heterocycles. The van der Waals surface area contributed by atoms with Crippen LogP contribution in [0.15, 0.2) is 30.5 Å². The fourth-order valence-corrected chi connectivity index (χ4v) is 1.32. The van der Waals surface area contributed by atoms with Crippen molar-refractivity contribution in [3.05, 3.63) is 41.6 Å². The van der Waals surface area contributed by atoms with E-state index in [9.17, 15) is 0 Å². The molecule has 0 spiro atoms. The van der Waals surface area contributed by atoms with Crippen molar-refractivity contribution in [3.63, 3.8) is 0 Å². The summed E-state index contributed by atoms with van der Waals surface area (Å²) in [4.78, 5) is 7.98. The van der Waals surface area contributed by atoms with Crippen LogP contribution in [0.3, 0.4) is 0 Å². The number of aromatic nitrogens is 2. The zero-order valence-electron chi connectivity index (χ0n) is 9.27. The molecule has 0 aliphatic carbocycles. The molecule has 0 aliphatic rings. The Morgan fingerprint density at radius 2 is 2.00 bits per heavy atom. The number of hydrogen-bond donors (Lipinski definition) is 1. The Morgan fingerprint density at radius 3 is 2.75 bits per heavy atom. The molecule has 0 atom stereocenters. The van der Waals surface area contributed by atoms with Gasteiger partial charge in [-0.05, 0) is 37.1 Å². The highest BCUT2D eigenvalue weighted by molar-refractivity contribution is 5.38. The van der Waals surface area contributed by atoms with Gasteiger partial charge < -0.3 is 10.5 Å². The Kier molecular flexibility index (Phi) is 2.72. The number of nitrogens with zero attached hydrogens (tertiary/aromatic N) is 2. The average Bonchev–Trinajstić information content (AvgIpc) is 2.24. The highest BCUT2D eigenvalue weighted by Crippen LogP contribution is 2.23. The molecule has 16 heavy (non-hydrogen) atoms. The third kappa shape index (κ3) is 2.28. The molecule has 0 fully saturated rings. The third-order valence-electron chi connectivity index (χ3n) is 2.20. The summed E-state index contributed by atoms with van der Waals surface area (Å²) < 4.78 is 5.57. The highest BCUT2D eigenvalue weighted by Gasteiger charge is 2.04. The molecule has 0 amide bonds. The molecule has 2 rings (SSSR count). The van der Waals surface area contributed by atoms with Crippen molar-refractivity contribution in [3.8, 4) is 11.8 Å². The molecular weight excluding hydrogens is 202 g/mol. The van der Waals surface area contributed by atoms with Crippen LogP contribution >= 0.6 is 0 Å². The van der Waals surface area contributed by atoms with Gasteiger partial charge in [0.05, 0.1) is 0 Å². The minimum atomic E-state index is 0.272. The van der Waals surface area contributed by atoms with Crippen LogP contribution in [0, 0.1) is 13.8 Å². The molecule has 1 heterocycles. The number of ether oxygens (including phenoxy) is 1. The number of aryl methyl sites for hydroxylation is 2. The van der Waals surface area contributed by atoms with Crippen molar-refractivity contribution in [1.29, 1.82) is 0 Å². The van der Waals surface area contributed by atoms with E-state index in [1.165, 1.54) is 0 Å². The lowest BCUT2D eigenvalue weighted by molar-refractivity contribution is 0.439. The van der Waals surface area contributed by atoms with Crippen molar-refractivity contribution in [2.75, 3.05) is 5.73 Å². The zero-order chi connectivity index (χ0) is 11.5. The smallest absolute Gasteiger partial charge is 0.323 e. The molecule has 2 aromatic rings. The molecule has 0 radical (unpaired) electrons. The number of hydrogen-bond acceptors (Lipinski definition) is 4. The summed E-state index contributed by atoms with van der Waals surface area (Å²) in [6.45, 7) is 3.98. The fraction of sp³-hybridized carbons (Fsp3) is 0.167. The van der Waals surface area contributed by atoms with E-state index in [-0.39, 0.29) is 6.01 Å². The second kappa shape index (κ2) is 4.18. The predicted molar refractivity (Wildman–Crippen MR) is 62.4 cm³/mol. The number of rotatable bonds is 2. The maximum Gasteiger partial charge on any atom is 0.323 e. The van der Waals surface area contributed by atoms with Crippen molar-refractivity contribution >= 4 is 5.82 Å². The van der Waals surface area contributed by atoms with Crippen LogP contribution in [-0.2, 0) is 0 Å². The van der Waals surface area contributed by atoms with E-state index in [0.717, 1.165) is 16.9 Å². The van der Waals surface area contributed by atoms with E-state index in [1.54, 1.807) is 12.3 Å². The van der Waals surface area contributed by atoms with Crippen LogP contribution in [-0.4, -0.2) is 9.97 Å². The summed E-state index contributed by atoms with van der Waals surface area (Å²) in [5, 5.41) is 0. The molecule has 0 bridgehead atoms.